The molecule has 126 valence electrons. The maximum absolute atomic E-state index is 12.1. The molecule has 6 heteroatoms. The Morgan fingerprint density at radius 1 is 1.00 bits per heavy atom. The maximum Gasteiger partial charge on any atom is 0.224 e. The van der Waals surface area contributed by atoms with Crippen LogP contribution in [0.2, 0.25) is 5.02 Å². The summed E-state index contributed by atoms with van der Waals surface area (Å²) in [7, 11) is 3.06. The van der Waals surface area contributed by atoms with Gasteiger partial charge >= 0.3 is 0 Å². The lowest BCUT2D eigenvalue weighted by atomic mass is 10.1. The number of amides is 1. The van der Waals surface area contributed by atoms with Crippen LogP contribution in [-0.4, -0.2) is 25.9 Å². The highest BCUT2D eigenvalue weighted by molar-refractivity contribution is 6.31. The average Bonchev–Trinajstić information content (AvgIpc) is 2.59. The molecule has 0 saturated carbocycles. The number of rotatable bonds is 7. The van der Waals surface area contributed by atoms with Gasteiger partial charge in [-0.05, 0) is 24.3 Å². The number of ether oxygens (including phenoxy) is 2. The number of Topliss-reactive ketones (excluding diaryl/α,β-unsaturated/α-hetero) is 1. The van der Waals surface area contributed by atoms with E-state index in [1.807, 2.05) is 0 Å². The molecule has 0 fully saturated rings. The van der Waals surface area contributed by atoms with Crippen molar-refractivity contribution in [2.24, 2.45) is 0 Å². The summed E-state index contributed by atoms with van der Waals surface area (Å²) in [5, 5.41) is 3.23. The number of methoxy groups -OCH3 is 2. The van der Waals surface area contributed by atoms with E-state index >= 15 is 0 Å². The second-order valence-corrected chi connectivity index (χ2v) is 5.49. The molecule has 2 aromatic rings. The highest BCUT2D eigenvalue weighted by Gasteiger charge is 2.11. The van der Waals surface area contributed by atoms with Crippen LogP contribution >= 0.6 is 11.6 Å². The van der Waals surface area contributed by atoms with Crippen molar-refractivity contribution in [2.45, 2.75) is 12.8 Å². The summed E-state index contributed by atoms with van der Waals surface area (Å²) in [6, 6.07) is 11.7. The van der Waals surface area contributed by atoms with Gasteiger partial charge in [-0.1, -0.05) is 23.7 Å². The molecule has 1 amide bonds. The van der Waals surface area contributed by atoms with Crippen molar-refractivity contribution in [3.8, 4) is 11.5 Å². The van der Waals surface area contributed by atoms with Crippen LogP contribution in [0.1, 0.15) is 23.2 Å². The molecule has 24 heavy (non-hydrogen) atoms. The zero-order valence-electron chi connectivity index (χ0n) is 13.5. The first-order valence-electron chi connectivity index (χ1n) is 7.34. The summed E-state index contributed by atoms with van der Waals surface area (Å²) in [4.78, 5) is 24.1. The van der Waals surface area contributed by atoms with E-state index in [4.69, 9.17) is 21.1 Å². The number of carbonyl (C=O) groups is 2. The number of halogens is 1. The van der Waals surface area contributed by atoms with E-state index in [0.29, 0.717) is 27.8 Å². The molecule has 0 aromatic heterocycles. The third-order valence-electron chi connectivity index (χ3n) is 3.39. The van der Waals surface area contributed by atoms with E-state index in [2.05, 4.69) is 5.32 Å². The predicted octanol–water partition coefficient (Wildman–Crippen LogP) is 3.96. The molecule has 0 heterocycles. The monoisotopic (exact) mass is 347 g/mol. The molecule has 2 aromatic carbocycles. The Balaban J connectivity index is 1.92. The van der Waals surface area contributed by atoms with Gasteiger partial charge in [0, 0.05) is 35.2 Å². The Labute approximate surface area is 145 Å². The summed E-state index contributed by atoms with van der Waals surface area (Å²) >= 11 is 5.86. The van der Waals surface area contributed by atoms with Gasteiger partial charge in [-0.15, -0.1) is 0 Å². The summed E-state index contributed by atoms with van der Waals surface area (Å²) in [5.74, 6) is 0.717. The summed E-state index contributed by atoms with van der Waals surface area (Å²) in [5.41, 5.74) is 1.08. The number of anilines is 1. The molecule has 0 saturated heterocycles. The summed E-state index contributed by atoms with van der Waals surface area (Å²) in [6.45, 7) is 0. The summed E-state index contributed by atoms with van der Waals surface area (Å²) in [6.07, 6.45) is 0.194. The molecular formula is C18H18ClNO4. The predicted molar refractivity (Wildman–Crippen MR) is 93.2 cm³/mol. The zero-order valence-corrected chi connectivity index (χ0v) is 14.2. The van der Waals surface area contributed by atoms with Crippen LogP contribution < -0.4 is 14.8 Å². The largest absolute Gasteiger partial charge is 0.493 e. The van der Waals surface area contributed by atoms with Crippen LogP contribution in [0.15, 0.2) is 42.5 Å². The van der Waals surface area contributed by atoms with Crippen LogP contribution in [0, 0.1) is 0 Å². The number of benzene rings is 2. The molecule has 0 aliphatic rings. The van der Waals surface area contributed by atoms with Crippen LogP contribution in [-0.2, 0) is 4.79 Å². The minimum absolute atomic E-state index is 0.0830. The fraction of sp³-hybridized carbons (Fsp3) is 0.222. The average molecular weight is 348 g/mol. The molecule has 0 aliphatic heterocycles. The van der Waals surface area contributed by atoms with Crippen molar-refractivity contribution >= 4 is 29.0 Å². The number of carbonyl (C=O) groups excluding carboxylic acids is 2. The van der Waals surface area contributed by atoms with Crippen LogP contribution in [0.5, 0.6) is 11.5 Å². The standard InChI is InChI=1S/C18H18ClNO4/c1-23-16-8-6-14(11-17(16)24-2)20-18(22)9-7-15(21)12-4-3-5-13(19)10-12/h3-6,8,10-11H,7,9H2,1-2H3,(H,20,22). The lowest BCUT2D eigenvalue weighted by molar-refractivity contribution is -0.116. The third kappa shape index (κ3) is 4.73. The molecule has 1 N–H and O–H groups in total. The zero-order chi connectivity index (χ0) is 17.5. The quantitative estimate of drug-likeness (QED) is 0.770. The second-order valence-electron chi connectivity index (χ2n) is 5.05. The van der Waals surface area contributed by atoms with Crippen LogP contribution in [0.25, 0.3) is 0 Å². The maximum atomic E-state index is 12.1. The topological polar surface area (TPSA) is 64.6 Å². The fourth-order valence-corrected chi connectivity index (χ4v) is 2.36. The van der Waals surface area contributed by atoms with Gasteiger partial charge in [0.05, 0.1) is 14.2 Å². The molecule has 0 spiro atoms. The van der Waals surface area contributed by atoms with Crippen molar-refractivity contribution in [3.63, 3.8) is 0 Å². The molecular weight excluding hydrogens is 330 g/mol. The van der Waals surface area contributed by atoms with Gasteiger partial charge in [0.15, 0.2) is 17.3 Å². The Hall–Kier alpha value is -2.53. The number of nitrogens with one attached hydrogen (secondary N) is 1. The molecule has 5 nitrogen and oxygen atoms in total. The van der Waals surface area contributed by atoms with Crippen molar-refractivity contribution in [3.05, 3.63) is 53.1 Å². The Morgan fingerprint density at radius 2 is 1.75 bits per heavy atom. The van der Waals surface area contributed by atoms with Crippen LogP contribution in [0.3, 0.4) is 0 Å². The van der Waals surface area contributed by atoms with E-state index in [1.165, 1.54) is 14.2 Å². The first-order chi connectivity index (χ1) is 11.5. The minimum Gasteiger partial charge on any atom is -0.493 e. The molecule has 0 bridgehead atoms. The Kier molecular flexibility index (Phi) is 6.21. The lowest BCUT2D eigenvalue weighted by Crippen LogP contribution is -2.13. The van der Waals surface area contributed by atoms with Crippen LogP contribution in [0.4, 0.5) is 5.69 Å². The Bertz CT molecular complexity index is 746. The van der Waals surface area contributed by atoms with Gasteiger partial charge in [-0.25, -0.2) is 0 Å². The molecule has 0 radical (unpaired) electrons. The van der Waals surface area contributed by atoms with Gasteiger partial charge in [0.25, 0.3) is 0 Å². The number of ketones is 1. The van der Waals surface area contributed by atoms with Crippen molar-refractivity contribution in [1.82, 2.24) is 0 Å². The van der Waals surface area contributed by atoms with Crippen molar-refractivity contribution in [1.29, 1.82) is 0 Å². The minimum atomic E-state index is -0.252. The molecule has 0 aliphatic carbocycles. The highest BCUT2D eigenvalue weighted by atomic mass is 35.5. The van der Waals surface area contributed by atoms with E-state index in [-0.39, 0.29) is 24.5 Å². The van der Waals surface area contributed by atoms with E-state index in [0.717, 1.165) is 0 Å². The van der Waals surface area contributed by atoms with Gasteiger partial charge < -0.3 is 14.8 Å². The van der Waals surface area contributed by atoms with Gasteiger partial charge in [-0.3, -0.25) is 9.59 Å². The van der Waals surface area contributed by atoms with Gasteiger partial charge in [0.1, 0.15) is 0 Å². The second kappa shape index (κ2) is 8.36. The van der Waals surface area contributed by atoms with Crippen molar-refractivity contribution in [2.75, 3.05) is 19.5 Å². The van der Waals surface area contributed by atoms with Gasteiger partial charge in [0.2, 0.25) is 5.91 Å². The molecule has 0 unspecified atom stereocenters. The van der Waals surface area contributed by atoms with E-state index < -0.39 is 0 Å². The number of hydrogen-bond acceptors (Lipinski definition) is 4. The summed E-state index contributed by atoms with van der Waals surface area (Å²) < 4.78 is 10.3. The number of hydrogen-bond donors (Lipinski definition) is 1. The smallest absolute Gasteiger partial charge is 0.224 e. The molecule has 0 atom stereocenters. The van der Waals surface area contributed by atoms with Crippen molar-refractivity contribution < 1.29 is 19.1 Å². The first-order valence-corrected chi connectivity index (χ1v) is 7.72. The highest BCUT2D eigenvalue weighted by Crippen LogP contribution is 2.29. The first kappa shape index (κ1) is 17.8. The van der Waals surface area contributed by atoms with Gasteiger partial charge in [-0.2, -0.15) is 0 Å². The lowest BCUT2D eigenvalue weighted by Gasteiger charge is -2.10. The normalized spacial score (nSPS) is 10.1. The fourth-order valence-electron chi connectivity index (χ4n) is 2.17. The SMILES string of the molecule is COc1ccc(NC(=O)CCC(=O)c2cccc(Cl)c2)cc1OC. The molecule has 2 rings (SSSR count). The van der Waals surface area contributed by atoms with E-state index in [9.17, 15) is 9.59 Å². The Morgan fingerprint density at radius 3 is 2.42 bits per heavy atom. The third-order valence-corrected chi connectivity index (χ3v) is 3.63. The van der Waals surface area contributed by atoms with E-state index in [1.54, 1.807) is 42.5 Å².